The molecule has 0 aromatic heterocycles. The maximum absolute atomic E-state index is 5.46. The van der Waals surface area contributed by atoms with Gasteiger partial charge in [0.25, 0.3) is 0 Å². The summed E-state index contributed by atoms with van der Waals surface area (Å²) in [6, 6.07) is 2.44. The van der Waals surface area contributed by atoms with Crippen LogP contribution in [-0.4, -0.2) is 49.8 Å². The zero-order valence-corrected chi connectivity index (χ0v) is 10.3. The molecule has 3 rings (SSSR count). The van der Waals surface area contributed by atoms with Gasteiger partial charge in [0.05, 0.1) is 6.61 Å². The standard InChI is InChI=1S/C13H24N2O/c1-15(8-10-4-5-16-9-10)13-6-11-2-3-12(7-13)14-11/h10-14H,2-9H2,1H3. The van der Waals surface area contributed by atoms with Crippen molar-refractivity contribution in [3.63, 3.8) is 0 Å². The Labute approximate surface area is 98.5 Å². The van der Waals surface area contributed by atoms with E-state index < -0.39 is 0 Å². The molecule has 3 nitrogen and oxygen atoms in total. The summed E-state index contributed by atoms with van der Waals surface area (Å²) in [7, 11) is 2.31. The predicted molar refractivity (Wildman–Crippen MR) is 64.5 cm³/mol. The molecule has 3 heteroatoms. The van der Waals surface area contributed by atoms with Crippen molar-refractivity contribution in [2.24, 2.45) is 5.92 Å². The van der Waals surface area contributed by atoms with Gasteiger partial charge in [0.15, 0.2) is 0 Å². The molecule has 0 aliphatic carbocycles. The van der Waals surface area contributed by atoms with Crippen LogP contribution in [0.1, 0.15) is 32.1 Å². The van der Waals surface area contributed by atoms with Crippen LogP contribution in [0, 0.1) is 5.92 Å². The smallest absolute Gasteiger partial charge is 0.0507 e. The molecule has 0 aromatic carbocycles. The zero-order chi connectivity index (χ0) is 11.0. The molecule has 3 atom stereocenters. The van der Waals surface area contributed by atoms with Gasteiger partial charge >= 0.3 is 0 Å². The molecule has 0 amide bonds. The summed E-state index contributed by atoms with van der Waals surface area (Å²) in [5, 5.41) is 3.72. The van der Waals surface area contributed by atoms with Crippen molar-refractivity contribution in [3.8, 4) is 0 Å². The number of hydrogen-bond donors (Lipinski definition) is 1. The molecule has 3 unspecified atom stereocenters. The van der Waals surface area contributed by atoms with Gasteiger partial charge < -0.3 is 15.0 Å². The van der Waals surface area contributed by atoms with Crippen LogP contribution in [-0.2, 0) is 4.74 Å². The zero-order valence-electron chi connectivity index (χ0n) is 10.3. The van der Waals surface area contributed by atoms with Gasteiger partial charge in [0.2, 0.25) is 0 Å². The molecular formula is C13H24N2O. The van der Waals surface area contributed by atoms with Gasteiger partial charge in [-0.2, -0.15) is 0 Å². The van der Waals surface area contributed by atoms with E-state index in [1.807, 2.05) is 0 Å². The number of hydrogen-bond acceptors (Lipinski definition) is 3. The van der Waals surface area contributed by atoms with Gasteiger partial charge in [-0.15, -0.1) is 0 Å². The topological polar surface area (TPSA) is 24.5 Å². The predicted octanol–water partition coefficient (Wildman–Crippen LogP) is 1.24. The largest absolute Gasteiger partial charge is 0.381 e. The first-order valence-corrected chi connectivity index (χ1v) is 6.85. The summed E-state index contributed by atoms with van der Waals surface area (Å²) < 4.78 is 5.46. The molecule has 3 saturated heterocycles. The minimum absolute atomic E-state index is 0.789. The summed E-state index contributed by atoms with van der Waals surface area (Å²) in [6.45, 7) is 3.21. The lowest BCUT2D eigenvalue weighted by Gasteiger charge is -2.36. The average Bonchev–Trinajstić information content (AvgIpc) is 2.89. The fraction of sp³-hybridized carbons (Fsp3) is 1.00. The second-order valence-electron chi connectivity index (χ2n) is 5.93. The molecule has 1 N–H and O–H groups in total. The number of rotatable bonds is 3. The first-order valence-electron chi connectivity index (χ1n) is 6.85. The third-order valence-corrected chi connectivity index (χ3v) is 4.64. The van der Waals surface area contributed by atoms with E-state index in [-0.39, 0.29) is 0 Å². The van der Waals surface area contributed by atoms with Crippen molar-refractivity contribution in [1.29, 1.82) is 0 Å². The maximum Gasteiger partial charge on any atom is 0.0507 e. The number of nitrogens with zero attached hydrogens (tertiary/aromatic N) is 1. The molecule has 0 spiro atoms. The molecule has 3 heterocycles. The molecule has 92 valence electrons. The molecule has 2 bridgehead atoms. The maximum atomic E-state index is 5.46. The Bertz CT molecular complexity index is 228. The normalized spacial score (nSPS) is 43.1. The van der Waals surface area contributed by atoms with Crippen LogP contribution < -0.4 is 5.32 Å². The Morgan fingerprint density at radius 1 is 1.19 bits per heavy atom. The lowest BCUT2D eigenvalue weighted by Crippen LogP contribution is -2.48. The lowest BCUT2D eigenvalue weighted by atomic mass is 9.97. The molecule has 0 saturated carbocycles. The number of piperidine rings is 1. The van der Waals surface area contributed by atoms with E-state index in [0.29, 0.717) is 0 Å². The monoisotopic (exact) mass is 224 g/mol. The fourth-order valence-corrected chi connectivity index (χ4v) is 3.67. The van der Waals surface area contributed by atoms with E-state index in [2.05, 4.69) is 17.3 Å². The molecule has 16 heavy (non-hydrogen) atoms. The molecular weight excluding hydrogens is 200 g/mol. The van der Waals surface area contributed by atoms with Crippen molar-refractivity contribution >= 4 is 0 Å². The van der Waals surface area contributed by atoms with Crippen molar-refractivity contribution in [2.75, 3.05) is 26.8 Å². The van der Waals surface area contributed by atoms with E-state index in [4.69, 9.17) is 4.74 Å². The SMILES string of the molecule is CN(CC1CCOC1)C1CC2CCC(C1)N2. The minimum Gasteiger partial charge on any atom is -0.381 e. The fourth-order valence-electron chi connectivity index (χ4n) is 3.67. The Morgan fingerprint density at radius 3 is 2.56 bits per heavy atom. The number of nitrogens with one attached hydrogen (secondary N) is 1. The van der Waals surface area contributed by atoms with Gasteiger partial charge in [0.1, 0.15) is 0 Å². The summed E-state index contributed by atoms with van der Waals surface area (Å²) in [6.07, 6.45) is 6.80. The van der Waals surface area contributed by atoms with Crippen LogP contribution in [0.2, 0.25) is 0 Å². The summed E-state index contributed by atoms with van der Waals surface area (Å²) in [5.41, 5.74) is 0. The van der Waals surface area contributed by atoms with Crippen LogP contribution in [0.3, 0.4) is 0 Å². The Hall–Kier alpha value is -0.120. The molecule has 0 radical (unpaired) electrons. The molecule has 3 aliphatic heterocycles. The second-order valence-corrected chi connectivity index (χ2v) is 5.93. The average molecular weight is 224 g/mol. The van der Waals surface area contributed by atoms with E-state index >= 15 is 0 Å². The molecule has 3 aliphatic rings. The number of fused-ring (bicyclic) bond motifs is 2. The quantitative estimate of drug-likeness (QED) is 0.780. The lowest BCUT2D eigenvalue weighted by molar-refractivity contribution is 0.135. The Kier molecular flexibility index (Phi) is 3.18. The highest BCUT2D eigenvalue weighted by Crippen LogP contribution is 2.29. The second kappa shape index (κ2) is 4.63. The highest BCUT2D eigenvalue weighted by molar-refractivity contribution is 4.95. The van der Waals surface area contributed by atoms with Crippen LogP contribution in [0.5, 0.6) is 0 Å². The Morgan fingerprint density at radius 2 is 1.94 bits per heavy atom. The van der Waals surface area contributed by atoms with Crippen molar-refractivity contribution in [3.05, 3.63) is 0 Å². The first-order chi connectivity index (χ1) is 7.81. The van der Waals surface area contributed by atoms with Crippen LogP contribution in [0.15, 0.2) is 0 Å². The van der Waals surface area contributed by atoms with E-state index in [1.54, 1.807) is 0 Å². The van der Waals surface area contributed by atoms with E-state index in [1.165, 1.54) is 38.6 Å². The van der Waals surface area contributed by atoms with Crippen molar-refractivity contribution < 1.29 is 4.74 Å². The molecule has 0 aromatic rings. The third-order valence-electron chi connectivity index (χ3n) is 4.64. The van der Waals surface area contributed by atoms with Crippen molar-refractivity contribution in [2.45, 2.75) is 50.2 Å². The van der Waals surface area contributed by atoms with Crippen LogP contribution in [0.4, 0.5) is 0 Å². The van der Waals surface area contributed by atoms with Crippen LogP contribution in [0.25, 0.3) is 0 Å². The first kappa shape index (κ1) is 11.0. The van der Waals surface area contributed by atoms with Gasteiger partial charge in [-0.05, 0) is 45.1 Å². The minimum atomic E-state index is 0.789. The third kappa shape index (κ3) is 2.27. The van der Waals surface area contributed by atoms with Gasteiger partial charge in [0, 0.05) is 31.3 Å². The Balaban J connectivity index is 1.52. The van der Waals surface area contributed by atoms with E-state index in [0.717, 1.165) is 37.3 Å². The van der Waals surface area contributed by atoms with E-state index in [9.17, 15) is 0 Å². The highest BCUT2D eigenvalue weighted by atomic mass is 16.5. The number of ether oxygens (including phenoxy) is 1. The summed E-state index contributed by atoms with van der Waals surface area (Å²) in [4.78, 5) is 2.60. The summed E-state index contributed by atoms with van der Waals surface area (Å²) >= 11 is 0. The highest BCUT2D eigenvalue weighted by Gasteiger charge is 2.35. The summed E-state index contributed by atoms with van der Waals surface area (Å²) in [5.74, 6) is 0.789. The molecule has 3 fully saturated rings. The van der Waals surface area contributed by atoms with Gasteiger partial charge in [-0.3, -0.25) is 0 Å². The van der Waals surface area contributed by atoms with Gasteiger partial charge in [-0.25, -0.2) is 0 Å². The van der Waals surface area contributed by atoms with Gasteiger partial charge in [-0.1, -0.05) is 0 Å². The van der Waals surface area contributed by atoms with Crippen molar-refractivity contribution in [1.82, 2.24) is 10.2 Å². The van der Waals surface area contributed by atoms with Crippen LogP contribution >= 0.6 is 0 Å².